The second kappa shape index (κ2) is 4.42. The molecule has 2 heterocycles. The Hall–Kier alpha value is -1.47. The smallest absolute Gasteiger partial charge is 0.173 e. The minimum Gasteiger partial charge on any atom is -0.464 e. The molecule has 0 amide bonds. The Balaban J connectivity index is 2.39. The topological polar surface area (TPSA) is 43.1 Å². The van der Waals surface area contributed by atoms with Crippen molar-refractivity contribution in [1.29, 1.82) is 0 Å². The number of furan rings is 1. The zero-order chi connectivity index (χ0) is 12.5. The Morgan fingerprint density at radius 1 is 1.41 bits per heavy atom. The van der Waals surface area contributed by atoms with Crippen LogP contribution in [0.4, 0.5) is 0 Å². The fraction of sp³-hybridized carbons (Fsp3) is 0.231. The average molecular weight is 247 g/mol. The first-order valence-corrected chi connectivity index (χ1v) is 5.89. The highest BCUT2D eigenvalue weighted by Gasteiger charge is 2.23. The summed E-state index contributed by atoms with van der Waals surface area (Å²) >= 11 is 0. The Bertz CT molecular complexity index is 527. The van der Waals surface area contributed by atoms with E-state index in [0.29, 0.717) is 11.3 Å². The third kappa shape index (κ3) is 2.62. The fourth-order valence-corrected chi connectivity index (χ4v) is 1.68. The van der Waals surface area contributed by atoms with Crippen LogP contribution in [0.25, 0.3) is 11.3 Å². The first kappa shape index (κ1) is 12.0. The maximum atomic E-state index is 12.1. The van der Waals surface area contributed by atoms with Gasteiger partial charge in [0.05, 0.1) is 6.26 Å². The van der Waals surface area contributed by atoms with E-state index in [1.807, 2.05) is 26.0 Å². The third-order valence-electron chi connectivity index (χ3n) is 2.39. The number of hydrogen-bond acceptors (Lipinski definition) is 3. The van der Waals surface area contributed by atoms with E-state index in [0.717, 1.165) is 5.56 Å². The van der Waals surface area contributed by atoms with E-state index in [4.69, 9.17) is 4.42 Å². The molecule has 0 N–H and O–H groups in total. The number of rotatable bonds is 3. The lowest BCUT2D eigenvalue weighted by Crippen LogP contribution is -2.24. The average Bonchev–Trinajstić information content (AvgIpc) is 2.80. The molecule has 4 heteroatoms. The summed E-state index contributed by atoms with van der Waals surface area (Å²) in [6.07, 6.45) is 4.87. The van der Waals surface area contributed by atoms with Gasteiger partial charge in [-0.3, -0.25) is 9.78 Å². The van der Waals surface area contributed by atoms with Crippen LogP contribution in [0.15, 0.2) is 41.3 Å². The van der Waals surface area contributed by atoms with Crippen molar-refractivity contribution in [3.05, 3.63) is 42.4 Å². The van der Waals surface area contributed by atoms with Crippen molar-refractivity contribution in [2.24, 2.45) is 0 Å². The van der Waals surface area contributed by atoms with Gasteiger partial charge in [-0.1, -0.05) is 0 Å². The van der Waals surface area contributed by atoms with Crippen molar-refractivity contribution < 1.29 is 9.21 Å². The summed E-state index contributed by atoms with van der Waals surface area (Å²) in [5, 5.41) is -0.483. The molecular weight excluding hydrogens is 233 g/mol. The molecule has 0 fully saturated rings. The van der Waals surface area contributed by atoms with E-state index in [1.54, 1.807) is 24.7 Å². The van der Waals surface area contributed by atoms with Crippen LogP contribution in [0.5, 0.6) is 0 Å². The van der Waals surface area contributed by atoms with Crippen LogP contribution in [0, 0.1) is 0 Å². The van der Waals surface area contributed by atoms with E-state index in [1.165, 1.54) is 0 Å². The largest absolute Gasteiger partial charge is 0.464 e. The summed E-state index contributed by atoms with van der Waals surface area (Å²) in [6.45, 7) is 3.72. The van der Waals surface area contributed by atoms with Crippen molar-refractivity contribution >= 4 is 15.0 Å². The van der Waals surface area contributed by atoms with Gasteiger partial charge in [-0.05, 0) is 32.0 Å². The first-order chi connectivity index (χ1) is 7.98. The lowest BCUT2D eigenvalue weighted by Gasteiger charge is -2.16. The highest BCUT2D eigenvalue weighted by molar-refractivity contribution is 7.21. The molecule has 17 heavy (non-hydrogen) atoms. The zero-order valence-corrected chi connectivity index (χ0v) is 11.0. The molecule has 0 saturated heterocycles. The number of hydrogen-bond donors (Lipinski definition) is 0. The van der Waals surface area contributed by atoms with E-state index in [2.05, 4.69) is 14.2 Å². The van der Waals surface area contributed by atoms with Crippen LogP contribution in [-0.4, -0.2) is 15.9 Å². The Morgan fingerprint density at radius 2 is 2.18 bits per heavy atom. The van der Waals surface area contributed by atoms with Crippen molar-refractivity contribution in [3.63, 3.8) is 0 Å². The van der Waals surface area contributed by atoms with E-state index in [-0.39, 0.29) is 5.78 Å². The van der Waals surface area contributed by atoms with Crippen molar-refractivity contribution in [1.82, 2.24) is 4.98 Å². The van der Waals surface area contributed by atoms with Crippen molar-refractivity contribution in [2.45, 2.75) is 19.0 Å². The summed E-state index contributed by atoms with van der Waals surface area (Å²) in [5.74, 6) is 0.761. The highest BCUT2D eigenvalue weighted by atomic mass is 31.0. The normalized spacial score (nSPS) is 11.5. The van der Waals surface area contributed by atoms with Crippen LogP contribution in [0.2, 0.25) is 0 Å². The number of nitrogens with zero attached hydrogens (tertiary/aromatic N) is 1. The molecule has 0 saturated carbocycles. The summed E-state index contributed by atoms with van der Waals surface area (Å²) in [6, 6.07) is 5.46. The van der Waals surface area contributed by atoms with Gasteiger partial charge in [-0.25, -0.2) is 0 Å². The lowest BCUT2D eigenvalue weighted by molar-refractivity contribution is 0.0957. The van der Waals surface area contributed by atoms with E-state index >= 15 is 0 Å². The van der Waals surface area contributed by atoms with Crippen LogP contribution < -0.4 is 0 Å². The molecule has 0 aliphatic carbocycles. The van der Waals surface area contributed by atoms with Crippen molar-refractivity contribution in [3.8, 4) is 11.3 Å². The maximum absolute atomic E-state index is 12.1. The van der Waals surface area contributed by atoms with Gasteiger partial charge in [0.25, 0.3) is 0 Å². The molecule has 0 aromatic carbocycles. The number of aromatic nitrogens is 1. The van der Waals surface area contributed by atoms with Gasteiger partial charge in [0.2, 0.25) is 0 Å². The summed E-state index contributed by atoms with van der Waals surface area (Å²) in [5.41, 5.74) is 1.41. The van der Waals surface area contributed by atoms with Crippen LogP contribution in [-0.2, 0) is 0 Å². The predicted molar refractivity (Wildman–Crippen MR) is 70.1 cm³/mol. The second-order valence-electron chi connectivity index (χ2n) is 4.49. The van der Waals surface area contributed by atoms with Crippen LogP contribution >= 0.6 is 9.24 Å². The van der Waals surface area contributed by atoms with Crippen molar-refractivity contribution in [2.75, 3.05) is 0 Å². The summed E-state index contributed by atoms with van der Waals surface area (Å²) in [7, 11) is 2.54. The SMILES string of the molecule is CC(C)(P)C(=O)c1cncc(-c2ccco2)c1. The summed E-state index contributed by atoms with van der Waals surface area (Å²) < 4.78 is 5.28. The number of carbonyl (C=O) groups is 1. The number of pyridine rings is 1. The number of Topliss-reactive ketones (excluding diaryl/α,β-unsaturated/α-hetero) is 1. The lowest BCUT2D eigenvalue weighted by atomic mass is 10.0. The van der Waals surface area contributed by atoms with Gasteiger partial charge >= 0.3 is 0 Å². The van der Waals surface area contributed by atoms with E-state index in [9.17, 15) is 4.79 Å². The van der Waals surface area contributed by atoms with Gasteiger partial charge in [0, 0.05) is 28.7 Å². The van der Waals surface area contributed by atoms with Crippen LogP contribution in [0.1, 0.15) is 24.2 Å². The van der Waals surface area contributed by atoms with Gasteiger partial charge in [-0.15, -0.1) is 9.24 Å². The molecule has 2 aromatic rings. The van der Waals surface area contributed by atoms with Gasteiger partial charge in [0.1, 0.15) is 5.76 Å². The van der Waals surface area contributed by atoms with Gasteiger partial charge < -0.3 is 4.42 Å². The Labute approximate surface area is 102 Å². The molecule has 0 bridgehead atoms. The quantitative estimate of drug-likeness (QED) is 0.618. The predicted octanol–water partition coefficient (Wildman–Crippen LogP) is 3.18. The molecule has 0 spiro atoms. The van der Waals surface area contributed by atoms with Crippen LogP contribution in [0.3, 0.4) is 0 Å². The summed E-state index contributed by atoms with van der Waals surface area (Å²) in [4.78, 5) is 16.2. The zero-order valence-electron chi connectivity index (χ0n) is 9.81. The molecule has 1 atom stereocenters. The fourth-order valence-electron chi connectivity index (χ4n) is 1.51. The molecule has 0 aliphatic heterocycles. The minimum atomic E-state index is -0.483. The van der Waals surface area contributed by atoms with Gasteiger partial charge in [0.15, 0.2) is 5.78 Å². The molecule has 2 aromatic heterocycles. The minimum absolute atomic E-state index is 0.0448. The number of carbonyl (C=O) groups excluding carboxylic acids is 1. The standard InChI is InChI=1S/C13H14NO2P/c1-13(2,17)12(15)10-6-9(7-14-8-10)11-4-3-5-16-11/h3-8H,17H2,1-2H3. The number of ketones is 1. The van der Waals surface area contributed by atoms with Gasteiger partial charge in [-0.2, -0.15) is 0 Å². The highest BCUT2D eigenvalue weighted by Crippen LogP contribution is 2.25. The third-order valence-corrected chi connectivity index (χ3v) is 2.65. The Kier molecular flexibility index (Phi) is 3.12. The molecule has 0 aliphatic rings. The monoisotopic (exact) mass is 247 g/mol. The maximum Gasteiger partial charge on any atom is 0.173 e. The molecule has 3 nitrogen and oxygen atoms in total. The molecule has 2 rings (SSSR count). The first-order valence-electron chi connectivity index (χ1n) is 5.31. The molecule has 0 radical (unpaired) electrons. The van der Waals surface area contributed by atoms with E-state index < -0.39 is 5.16 Å². The molecule has 1 unspecified atom stereocenters. The Morgan fingerprint density at radius 3 is 2.76 bits per heavy atom. The molecule has 88 valence electrons. The second-order valence-corrected chi connectivity index (χ2v) is 5.93. The molecular formula is C13H14NO2P.